The van der Waals surface area contributed by atoms with Crippen LogP contribution in [0.4, 0.5) is 11.6 Å². The van der Waals surface area contributed by atoms with Crippen molar-refractivity contribution in [3.05, 3.63) is 66.1 Å². The van der Waals surface area contributed by atoms with Gasteiger partial charge in [-0.3, -0.25) is 4.98 Å². The molecule has 4 rings (SSSR count). The average Bonchev–Trinajstić information content (AvgIpc) is 2.78. The molecule has 3 aromatic heterocycles. The zero-order valence-corrected chi connectivity index (χ0v) is 18.1. The molecule has 0 unspecified atom stereocenters. The Labute approximate surface area is 184 Å². The highest BCUT2D eigenvalue weighted by atomic mass is 32.2. The minimum Gasteiger partial charge on any atom is -0.382 e. The lowest BCUT2D eigenvalue weighted by Crippen LogP contribution is -2.13. The third-order valence-electron chi connectivity index (χ3n) is 4.96. The molecule has 0 saturated carbocycles. The van der Waals surface area contributed by atoms with E-state index >= 15 is 0 Å². The van der Waals surface area contributed by atoms with E-state index in [0.29, 0.717) is 27.9 Å². The molecule has 0 spiro atoms. The molecule has 1 atom stereocenters. The van der Waals surface area contributed by atoms with Gasteiger partial charge in [0.2, 0.25) is 0 Å². The lowest BCUT2D eigenvalue weighted by atomic mass is 9.99. The first-order valence-electron chi connectivity index (χ1n) is 9.62. The van der Waals surface area contributed by atoms with Crippen molar-refractivity contribution in [1.82, 2.24) is 19.9 Å². The van der Waals surface area contributed by atoms with Gasteiger partial charge in [-0.05, 0) is 31.2 Å². The summed E-state index contributed by atoms with van der Waals surface area (Å²) in [6.07, 6.45) is 4.10. The average molecular weight is 446 g/mol. The van der Waals surface area contributed by atoms with Crippen molar-refractivity contribution in [3.8, 4) is 17.3 Å². The fourth-order valence-corrected chi connectivity index (χ4v) is 4.34. The van der Waals surface area contributed by atoms with Crippen LogP contribution in [0.5, 0.6) is 0 Å². The summed E-state index contributed by atoms with van der Waals surface area (Å²) in [4.78, 5) is 17.3. The Kier molecular flexibility index (Phi) is 5.42. The maximum atomic E-state index is 12.5. The second-order valence-electron chi connectivity index (χ2n) is 7.20. The first-order valence-corrected chi connectivity index (χ1v) is 11.5. The highest BCUT2D eigenvalue weighted by Gasteiger charge is 2.22. The molecular formula is C22H19N7O2S. The number of nitrogens with two attached hydrogens (primary N) is 1. The molecule has 160 valence electrons. The Morgan fingerprint density at radius 3 is 2.62 bits per heavy atom. The van der Waals surface area contributed by atoms with Crippen LogP contribution in [0.1, 0.15) is 24.1 Å². The third-order valence-corrected chi connectivity index (χ3v) is 6.12. The van der Waals surface area contributed by atoms with E-state index < -0.39 is 15.9 Å². The standard InChI is InChI=1S/C22H19N7O2S/c1-13(28-22-16(11-23)21(24)26-12-27-22)15-10-18-17(7-5-9-25-18)29-20(15)14-6-3-4-8-19(14)32(2,30)31/h3-10,12-13H,1-2H3,(H3,24,26,27,28)/t13-/m1/s1. The molecule has 10 heteroatoms. The van der Waals surface area contributed by atoms with Gasteiger partial charge in [0.1, 0.15) is 29.6 Å². The van der Waals surface area contributed by atoms with Crippen molar-refractivity contribution in [2.24, 2.45) is 0 Å². The van der Waals surface area contributed by atoms with Gasteiger partial charge in [0.05, 0.1) is 27.7 Å². The van der Waals surface area contributed by atoms with E-state index in [0.717, 1.165) is 0 Å². The maximum absolute atomic E-state index is 12.5. The van der Waals surface area contributed by atoms with Gasteiger partial charge >= 0.3 is 0 Å². The van der Waals surface area contributed by atoms with Crippen LogP contribution >= 0.6 is 0 Å². The Morgan fingerprint density at radius 1 is 1.09 bits per heavy atom. The van der Waals surface area contributed by atoms with Gasteiger partial charge in [-0.1, -0.05) is 18.2 Å². The van der Waals surface area contributed by atoms with Crippen LogP contribution in [0.15, 0.2) is 59.9 Å². The van der Waals surface area contributed by atoms with Gasteiger partial charge in [-0.25, -0.2) is 23.4 Å². The predicted octanol–water partition coefficient (Wildman–Crippen LogP) is 3.12. The molecule has 0 saturated heterocycles. The highest BCUT2D eigenvalue weighted by molar-refractivity contribution is 7.90. The molecule has 0 radical (unpaired) electrons. The molecule has 1 aromatic carbocycles. The van der Waals surface area contributed by atoms with Gasteiger partial charge in [0.25, 0.3) is 0 Å². The van der Waals surface area contributed by atoms with Crippen LogP contribution in [0.25, 0.3) is 22.3 Å². The summed E-state index contributed by atoms with van der Waals surface area (Å²) in [5, 5.41) is 12.6. The van der Waals surface area contributed by atoms with E-state index in [2.05, 4.69) is 20.3 Å². The first kappa shape index (κ1) is 21.1. The molecule has 0 aliphatic heterocycles. The number of rotatable bonds is 5. The number of nitrogens with one attached hydrogen (secondary N) is 1. The number of nitrogen functional groups attached to an aromatic ring is 1. The molecule has 9 nitrogen and oxygen atoms in total. The number of fused-ring (bicyclic) bond motifs is 1. The second kappa shape index (κ2) is 8.20. The molecule has 0 aliphatic rings. The number of nitriles is 1. The van der Waals surface area contributed by atoms with Gasteiger partial charge < -0.3 is 11.1 Å². The topological polar surface area (TPSA) is 148 Å². The summed E-state index contributed by atoms with van der Waals surface area (Å²) in [5.74, 6) is 0.342. The normalized spacial score (nSPS) is 12.3. The van der Waals surface area contributed by atoms with E-state index in [9.17, 15) is 13.7 Å². The van der Waals surface area contributed by atoms with Crippen LogP contribution < -0.4 is 11.1 Å². The quantitative estimate of drug-likeness (QED) is 0.472. The smallest absolute Gasteiger partial charge is 0.176 e. The lowest BCUT2D eigenvalue weighted by Gasteiger charge is -2.20. The Hall–Kier alpha value is -4.10. The van der Waals surface area contributed by atoms with Crippen LogP contribution in [0.3, 0.4) is 0 Å². The molecule has 3 N–H and O–H groups in total. The van der Waals surface area contributed by atoms with Crippen molar-refractivity contribution in [2.75, 3.05) is 17.3 Å². The van der Waals surface area contributed by atoms with Gasteiger partial charge in [-0.15, -0.1) is 0 Å². The Morgan fingerprint density at radius 2 is 1.88 bits per heavy atom. The van der Waals surface area contributed by atoms with Crippen molar-refractivity contribution >= 4 is 32.5 Å². The van der Waals surface area contributed by atoms with Crippen molar-refractivity contribution in [3.63, 3.8) is 0 Å². The van der Waals surface area contributed by atoms with Crippen molar-refractivity contribution in [2.45, 2.75) is 17.9 Å². The third kappa shape index (κ3) is 3.93. The summed E-state index contributed by atoms with van der Waals surface area (Å²) >= 11 is 0. The zero-order valence-electron chi connectivity index (χ0n) is 17.3. The van der Waals surface area contributed by atoms with Gasteiger partial charge in [-0.2, -0.15) is 5.26 Å². The number of sulfone groups is 1. The van der Waals surface area contributed by atoms with Crippen molar-refractivity contribution in [1.29, 1.82) is 5.26 Å². The molecular weight excluding hydrogens is 426 g/mol. The summed E-state index contributed by atoms with van der Waals surface area (Å²) in [7, 11) is -3.51. The number of hydrogen-bond donors (Lipinski definition) is 2. The zero-order chi connectivity index (χ0) is 22.9. The summed E-state index contributed by atoms with van der Waals surface area (Å²) in [6, 6.07) is 13.7. The minimum atomic E-state index is -3.51. The second-order valence-corrected chi connectivity index (χ2v) is 9.18. The lowest BCUT2D eigenvalue weighted by molar-refractivity contribution is 0.602. The number of benzene rings is 1. The highest BCUT2D eigenvalue weighted by Crippen LogP contribution is 2.34. The van der Waals surface area contributed by atoms with Crippen molar-refractivity contribution < 1.29 is 8.42 Å². The SMILES string of the molecule is C[C@@H](Nc1ncnc(N)c1C#N)c1cc2ncccc2nc1-c1ccccc1S(C)(=O)=O. The number of aromatic nitrogens is 4. The molecule has 32 heavy (non-hydrogen) atoms. The maximum Gasteiger partial charge on any atom is 0.176 e. The van der Waals surface area contributed by atoms with Crippen LogP contribution in [0, 0.1) is 11.3 Å². The van der Waals surface area contributed by atoms with Crippen LogP contribution in [-0.2, 0) is 9.84 Å². The summed E-state index contributed by atoms with van der Waals surface area (Å²) < 4.78 is 24.9. The number of pyridine rings is 2. The summed E-state index contributed by atoms with van der Waals surface area (Å²) in [5.41, 5.74) is 8.88. The van der Waals surface area contributed by atoms with Gasteiger partial charge in [0.15, 0.2) is 9.84 Å². The van der Waals surface area contributed by atoms with E-state index in [4.69, 9.17) is 10.7 Å². The Balaban J connectivity index is 1.93. The number of nitrogens with zero attached hydrogens (tertiary/aromatic N) is 5. The fraction of sp³-hybridized carbons (Fsp3) is 0.136. The fourth-order valence-electron chi connectivity index (χ4n) is 3.45. The van der Waals surface area contributed by atoms with Crippen LogP contribution in [-0.4, -0.2) is 34.6 Å². The summed E-state index contributed by atoms with van der Waals surface area (Å²) in [6.45, 7) is 1.86. The molecule has 0 amide bonds. The monoisotopic (exact) mass is 445 g/mol. The number of anilines is 2. The largest absolute Gasteiger partial charge is 0.382 e. The first-order chi connectivity index (χ1) is 15.3. The van der Waals surface area contributed by atoms with E-state index in [1.54, 1.807) is 36.5 Å². The molecule has 3 heterocycles. The van der Waals surface area contributed by atoms with E-state index in [1.807, 2.05) is 25.1 Å². The molecule has 0 bridgehead atoms. The Bertz CT molecular complexity index is 1480. The van der Waals surface area contributed by atoms with Gasteiger partial charge in [0, 0.05) is 23.6 Å². The minimum absolute atomic E-state index is 0.0677. The number of hydrogen-bond acceptors (Lipinski definition) is 9. The predicted molar refractivity (Wildman–Crippen MR) is 121 cm³/mol. The molecule has 4 aromatic rings. The van der Waals surface area contributed by atoms with E-state index in [-0.39, 0.29) is 22.1 Å². The van der Waals surface area contributed by atoms with Crippen LogP contribution in [0.2, 0.25) is 0 Å². The van der Waals surface area contributed by atoms with E-state index in [1.165, 1.54) is 12.6 Å². The molecule has 0 fully saturated rings. The molecule has 0 aliphatic carbocycles.